The second-order valence-electron chi connectivity index (χ2n) is 10.7. The predicted molar refractivity (Wildman–Crippen MR) is 149 cm³/mol. The van der Waals surface area contributed by atoms with E-state index in [1.165, 1.54) is 6.92 Å². The molecule has 39 heavy (non-hydrogen) atoms. The molecule has 1 saturated carbocycles. The first kappa shape index (κ1) is 29.0. The molecular formula is C29H38F4N6. The van der Waals surface area contributed by atoms with E-state index in [-0.39, 0.29) is 18.9 Å². The quantitative estimate of drug-likeness (QED) is 0.258. The normalized spacial score (nSPS) is 19.4. The summed E-state index contributed by atoms with van der Waals surface area (Å²) in [6.07, 6.45) is 3.32. The number of nitrogens with one attached hydrogen (secondary N) is 1. The molecule has 0 amide bonds. The van der Waals surface area contributed by atoms with E-state index >= 15 is 0 Å². The molecule has 10 heteroatoms. The zero-order valence-corrected chi connectivity index (χ0v) is 23.3. The molecule has 0 spiro atoms. The third-order valence-corrected chi connectivity index (χ3v) is 7.37. The number of rotatable bonds is 6. The van der Waals surface area contributed by atoms with Gasteiger partial charge in [0.2, 0.25) is 12.4 Å². The van der Waals surface area contributed by atoms with Gasteiger partial charge in [-0.15, -0.1) is 5.10 Å². The number of anilines is 1. The van der Waals surface area contributed by atoms with Gasteiger partial charge in [-0.25, -0.2) is 27.1 Å². The van der Waals surface area contributed by atoms with Crippen LogP contribution in [-0.4, -0.2) is 62.7 Å². The zero-order chi connectivity index (χ0) is 28.3. The second kappa shape index (κ2) is 12.0. The molecule has 1 aliphatic carbocycles. The fraction of sp³-hybridized carbons (Fsp3) is 0.552. The fourth-order valence-electron chi connectivity index (χ4n) is 5.05. The van der Waals surface area contributed by atoms with E-state index in [9.17, 15) is 17.6 Å². The van der Waals surface area contributed by atoms with Gasteiger partial charge in [0, 0.05) is 36.5 Å². The Kier molecular flexibility index (Phi) is 8.93. The van der Waals surface area contributed by atoms with Gasteiger partial charge < -0.3 is 5.32 Å². The number of benzene rings is 1. The summed E-state index contributed by atoms with van der Waals surface area (Å²) >= 11 is 0. The van der Waals surface area contributed by atoms with Gasteiger partial charge in [-0.05, 0) is 76.3 Å². The van der Waals surface area contributed by atoms with E-state index in [2.05, 4.69) is 26.5 Å². The maximum absolute atomic E-state index is 14.9. The van der Waals surface area contributed by atoms with Gasteiger partial charge in [0.05, 0.1) is 29.5 Å². The number of aromatic nitrogens is 3. The lowest BCUT2D eigenvalue weighted by molar-refractivity contribution is -0.0921. The molecule has 1 atom stereocenters. The van der Waals surface area contributed by atoms with Gasteiger partial charge in [-0.1, -0.05) is 19.4 Å². The standard InChI is InChI=1S/C26H32F2N6.C3H6F2/c1-16(2)29-22-9-8-19(14-17(22)3)21-10-13-34-24(21)18(4)30-25(32-34)31-23-11-12-33(15-26(23,27)28)20-6-5-7-20;1-2-3(4)5/h8-10,13-14,20,23H,5-7,11-12,15H2,1-4H3,(H,31,32);3H,2H2,1H3. The maximum Gasteiger partial charge on any atom is 0.280 e. The van der Waals surface area contributed by atoms with E-state index in [4.69, 9.17) is 0 Å². The van der Waals surface area contributed by atoms with Crippen molar-refractivity contribution in [1.82, 2.24) is 19.5 Å². The second-order valence-corrected chi connectivity index (χ2v) is 10.7. The molecule has 1 N–H and O–H groups in total. The molecule has 2 aromatic heterocycles. The SMILES string of the molecule is CC(C)=Nc1ccc(-c2ccn3nc(NC4CCN(C5CCC5)CC4(F)F)nc(C)c23)cc1C.CCC(F)F. The van der Waals surface area contributed by atoms with Crippen LogP contribution in [0.5, 0.6) is 0 Å². The van der Waals surface area contributed by atoms with Gasteiger partial charge in [-0.3, -0.25) is 9.89 Å². The number of hydrogen-bond donors (Lipinski definition) is 1. The van der Waals surface area contributed by atoms with Gasteiger partial charge in [0.1, 0.15) is 0 Å². The lowest BCUT2D eigenvalue weighted by Crippen LogP contribution is -2.58. The summed E-state index contributed by atoms with van der Waals surface area (Å²) in [4.78, 5) is 11.1. The molecule has 1 saturated heterocycles. The van der Waals surface area contributed by atoms with Crippen molar-refractivity contribution < 1.29 is 17.6 Å². The molecular weight excluding hydrogens is 508 g/mol. The zero-order valence-electron chi connectivity index (χ0n) is 23.3. The number of nitrogens with zero attached hydrogens (tertiary/aromatic N) is 5. The average molecular weight is 547 g/mol. The van der Waals surface area contributed by atoms with Crippen LogP contribution in [0.2, 0.25) is 0 Å². The molecule has 1 unspecified atom stereocenters. The van der Waals surface area contributed by atoms with Crippen LogP contribution in [0, 0.1) is 13.8 Å². The number of halogens is 4. The van der Waals surface area contributed by atoms with Crippen molar-refractivity contribution >= 4 is 22.9 Å². The van der Waals surface area contributed by atoms with Crippen molar-refractivity contribution in [3.05, 3.63) is 41.7 Å². The predicted octanol–water partition coefficient (Wildman–Crippen LogP) is 7.46. The third-order valence-electron chi connectivity index (χ3n) is 7.37. The number of aryl methyl sites for hydroxylation is 2. The van der Waals surface area contributed by atoms with Crippen LogP contribution in [-0.2, 0) is 0 Å². The number of fused-ring (bicyclic) bond motifs is 1. The molecule has 1 aromatic carbocycles. The Hall–Kier alpha value is -3.01. The highest BCUT2D eigenvalue weighted by Crippen LogP contribution is 2.35. The van der Waals surface area contributed by atoms with E-state index in [0.717, 1.165) is 58.6 Å². The number of alkyl halides is 4. The molecule has 2 aliphatic rings. The van der Waals surface area contributed by atoms with Crippen LogP contribution in [0.15, 0.2) is 35.5 Å². The van der Waals surface area contributed by atoms with E-state index < -0.39 is 18.4 Å². The Morgan fingerprint density at radius 2 is 1.87 bits per heavy atom. The summed E-state index contributed by atoms with van der Waals surface area (Å²) in [5.74, 6) is -2.58. The first-order chi connectivity index (χ1) is 18.5. The summed E-state index contributed by atoms with van der Waals surface area (Å²) in [5.41, 5.74) is 6.73. The number of likely N-dealkylation sites (tertiary alicyclic amines) is 1. The molecule has 5 rings (SSSR count). The molecule has 0 bridgehead atoms. The number of piperidine rings is 1. The highest BCUT2D eigenvalue weighted by atomic mass is 19.3. The number of aliphatic imine (C=N–C) groups is 1. The van der Waals surface area contributed by atoms with Crippen molar-refractivity contribution in [2.75, 3.05) is 18.4 Å². The lowest BCUT2D eigenvalue weighted by atomic mass is 9.88. The molecule has 0 radical (unpaired) electrons. The Balaban J connectivity index is 0.000000648. The smallest absolute Gasteiger partial charge is 0.280 e. The van der Waals surface area contributed by atoms with Crippen LogP contribution >= 0.6 is 0 Å². The Morgan fingerprint density at radius 3 is 2.44 bits per heavy atom. The fourth-order valence-corrected chi connectivity index (χ4v) is 5.05. The Morgan fingerprint density at radius 1 is 1.15 bits per heavy atom. The molecule has 2 fully saturated rings. The van der Waals surface area contributed by atoms with Gasteiger partial charge in [0.25, 0.3) is 5.92 Å². The minimum absolute atomic E-state index is 0.0278. The summed E-state index contributed by atoms with van der Waals surface area (Å²) in [6.45, 7) is 9.85. The van der Waals surface area contributed by atoms with Crippen LogP contribution in [0.4, 0.5) is 29.2 Å². The van der Waals surface area contributed by atoms with Crippen molar-refractivity contribution in [2.24, 2.45) is 4.99 Å². The molecule has 3 aromatic rings. The van der Waals surface area contributed by atoms with E-state index in [0.29, 0.717) is 19.0 Å². The van der Waals surface area contributed by atoms with Gasteiger partial charge in [0.15, 0.2) is 0 Å². The largest absolute Gasteiger partial charge is 0.344 e. The monoisotopic (exact) mass is 546 g/mol. The van der Waals surface area contributed by atoms with Crippen molar-refractivity contribution in [1.29, 1.82) is 0 Å². The van der Waals surface area contributed by atoms with Gasteiger partial charge >= 0.3 is 0 Å². The third kappa shape index (κ3) is 6.77. The van der Waals surface area contributed by atoms with Crippen LogP contribution in [0.1, 0.15) is 64.1 Å². The van der Waals surface area contributed by atoms with Crippen LogP contribution < -0.4 is 5.32 Å². The molecule has 212 valence electrons. The van der Waals surface area contributed by atoms with Crippen LogP contribution in [0.3, 0.4) is 0 Å². The summed E-state index contributed by atoms with van der Waals surface area (Å²) < 4.78 is 53.1. The molecule has 1 aliphatic heterocycles. The van der Waals surface area contributed by atoms with Crippen LogP contribution in [0.25, 0.3) is 16.6 Å². The minimum Gasteiger partial charge on any atom is -0.344 e. The highest BCUT2D eigenvalue weighted by molar-refractivity contribution is 5.85. The number of hydrogen-bond acceptors (Lipinski definition) is 5. The first-order valence-corrected chi connectivity index (χ1v) is 13.6. The molecule has 6 nitrogen and oxygen atoms in total. The Bertz CT molecular complexity index is 1310. The highest BCUT2D eigenvalue weighted by Gasteiger charge is 2.47. The van der Waals surface area contributed by atoms with Crippen molar-refractivity contribution in [3.63, 3.8) is 0 Å². The summed E-state index contributed by atoms with van der Waals surface area (Å²) in [5, 5.41) is 7.48. The summed E-state index contributed by atoms with van der Waals surface area (Å²) in [6, 6.07) is 7.54. The first-order valence-electron chi connectivity index (χ1n) is 13.6. The maximum atomic E-state index is 14.9. The van der Waals surface area contributed by atoms with Gasteiger partial charge in [-0.2, -0.15) is 0 Å². The Labute approximate surface area is 227 Å². The van der Waals surface area contributed by atoms with E-state index in [1.807, 2.05) is 57.0 Å². The van der Waals surface area contributed by atoms with Crippen molar-refractivity contribution in [2.45, 2.75) is 91.2 Å². The lowest BCUT2D eigenvalue weighted by Gasteiger charge is -2.45. The summed E-state index contributed by atoms with van der Waals surface area (Å²) in [7, 11) is 0. The van der Waals surface area contributed by atoms with Crippen molar-refractivity contribution in [3.8, 4) is 11.1 Å². The topological polar surface area (TPSA) is 57.8 Å². The molecule has 3 heterocycles. The average Bonchev–Trinajstić information content (AvgIpc) is 3.25. The minimum atomic E-state index is -2.82. The van der Waals surface area contributed by atoms with E-state index in [1.54, 1.807) is 4.52 Å².